The van der Waals surface area contributed by atoms with Gasteiger partial charge in [0.25, 0.3) is 0 Å². The fourth-order valence-electron chi connectivity index (χ4n) is 7.08. The molecule has 1 aliphatic carbocycles. The Hall–Kier alpha value is -2.24. The lowest BCUT2D eigenvalue weighted by atomic mass is 9.58. The molecule has 0 aromatic heterocycles. The fraction of sp³-hybridized carbons (Fsp3) is 0.613. The predicted octanol–water partition coefficient (Wildman–Crippen LogP) is 6.12. The quantitative estimate of drug-likeness (QED) is 0.520. The Labute approximate surface area is 217 Å². The van der Waals surface area contributed by atoms with Gasteiger partial charge >= 0.3 is 0 Å². The van der Waals surface area contributed by atoms with E-state index in [-0.39, 0.29) is 23.7 Å². The van der Waals surface area contributed by atoms with Gasteiger partial charge in [-0.25, -0.2) is 0 Å². The Balaban J connectivity index is 1.57. The van der Waals surface area contributed by atoms with Gasteiger partial charge in [0, 0.05) is 12.8 Å². The van der Waals surface area contributed by atoms with Gasteiger partial charge in [0.15, 0.2) is 11.5 Å². The van der Waals surface area contributed by atoms with Crippen molar-refractivity contribution in [1.82, 2.24) is 0 Å². The van der Waals surface area contributed by atoms with Crippen LogP contribution >= 0.6 is 0 Å². The van der Waals surface area contributed by atoms with E-state index in [1.165, 1.54) is 22.3 Å². The Morgan fingerprint density at radius 3 is 2.53 bits per heavy atom. The number of likely N-dealkylation sites (N-methyl/N-ethyl adjacent to an activating group) is 1. The van der Waals surface area contributed by atoms with Crippen molar-refractivity contribution < 1.29 is 23.8 Å². The number of methoxy groups -OCH3 is 1. The van der Waals surface area contributed by atoms with E-state index in [4.69, 9.17) is 14.2 Å². The summed E-state index contributed by atoms with van der Waals surface area (Å²) in [5, 5.41) is 11.8. The third-order valence-electron chi connectivity index (χ3n) is 9.77. The first-order chi connectivity index (χ1) is 16.8. The second kappa shape index (κ2) is 8.39. The maximum Gasteiger partial charge on any atom is 0.231 e. The van der Waals surface area contributed by atoms with Crippen LogP contribution in [0.2, 0.25) is 0 Å². The Morgan fingerprint density at radius 1 is 1.11 bits per heavy atom. The van der Waals surface area contributed by atoms with Crippen LogP contribution in [0.4, 0.5) is 0 Å². The SMILES string of the molecule is COc1c2c(cc3c1[C@@H](C[C@H](O)c1cc4c(cc1C)C(C)(C)[C@@H](C)CC4(C)C)[N+](C)(C)CC3)OCO2. The van der Waals surface area contributed by atoms with Crippen molar-refractivity contribution in [3.8, 4) is 17.2 Å². The van der Waals surface area contributed by atoms with E-state index in [2.05, 4.69) is 73.8 Å². The van der Waals surface area contributed by atoms with Gasteiger partial charge in [-0.2, -0.15) is 0 Å². The molecule has 2 aromatic rings. The molecule has 0 saturated heterocycles. The first kappa shape index (κ1) is 25.4. The molecule has 3 atom stereocenters. The average molecular weight is 495 g/mol. The van der Waals surface area contributed by atoms with E-state index >= 15 is 0 Å². The number of quaternary nitrogens is 1. The highest BCUT2D eigenvalue weighted by Crippen LogP contribution is 2.53. The van der Waals surface area contributed by atoms with Crippen molar-refractivity contribution in [3.63, 3.8) is 0 Å². The van der Waals surface area contributed by atoms with Crippen LogP contribution in [0.15, 0.2) is 18.2 Å². The molecule has 0 amide bonds. The normalized spacial score (nSPS) is 25.6. The summed E-state index contributed by atoms with van der Waals surface area (Å²) in [6.45, 7) is 15.2. The third-order valence-corrected chi connectivity index (χ3v) is 9.77. The highest BCUT2D eigenvalue weighted by Gasteiger charge is 2.44. The smallest absolute Gasteiger partial charge is 0.231 e. The van der Waals surface area contributed by atoms with Crippen molar-refractivity contribution in [2.75, 3.05) is 34.5 Å². The molecule has 2 aromatic carbocycles. The third kappa shape index (κ3) is 3.81. The predicted molar refractivity (Wildman–Crippen MR) is 143 cm³/mol. The standard InChI is InChI=1S/C31H44NO4/c1-18-12-23-22(30(3,4)16-19(2)31(23,5)6)14-21(18)25(33)15-24-27-20(10-11-32(24,7)8)13-26-28(29(27)34-9)36-17-35-26/h12-14,19,24-25,33H,10-11,15-17H2,1-9H3/q+1/t19-,24+,25-/m0/s1. The van der Waals surface area contributed by atoms with Crippen LogP contribution in [0, 0.1) is 12.8 Å². The van der Waals surface area contributed by atoms with Crippen LogP contribution in [-0.4, -0.2) is 44.1 Å². The molecule has 5 nitrogen and oxygen atoms in total. The fourth-order valence-corrected chi connectivity index (χ4v) is 7.08. The monoisotopic (exact) mass is 494 g/mol. The molecule has 3 aliphatic rings. The summed E-state index contributed by atoms with van der Waals surface area (Å²) in [5.74, 6) is 2.83. The highest BCUT2D eigenvalue weighted by molar-refractivity contribution is 5.61. The number of hydrogen-bond donors (Lipinski definition) is 1. The minimum Gasteiger partial charge on any atom is -0.492 e. The number of fused-ring (bicyclic) bond motifs is 3. The molecule has 0 spiro atoms. The van der Waals surface area contributed by atoms with Gasteiger partial charge in [0.05, 0.1) is 39.4 Å². The number of hydrogen-bond acceptors (Lipinski definition) is 4. The molecule has 0 unspecified atom stereocenters. The lowest BCUT2D eigenvalue weighted by Gasteiger charge is -2.47. The molecule has 2 heterocycles. The summed E-state index contributed by atoms with van der Waals surface area (Å²) in [6, 6.07) is 6.88. The number of aliphatic hydroxyl groups excluding tert-OH is 1. The van der Waals surface area contributed by atoms with Gasteiger partial charge in [0.1, 0.15) is 6.04 Å². The van der Waals surface area contributed by atoms with E-state index in [0.717, 1.165) is 46.5 Å². The van der Waals surface area contributed by atoms with Crippen LogP contribution in [0.3, 0.4) is 0 Å². The molecule has 196 valence electrons. The molecule has 0 bridgehead atoms. The summed E-state index contributed by atoms with van der Waals surface area (Å²) in [7, 11) is 6.23. The topological polar surface area (TPSA) is 47.9 Å². The van der Waals surface area contributed by atoms with Gasteiger partial charge in [0.2, 0.25) is 12.5 Å². The first-order valence-corrected chi connectivity index (χ1v) is 13.4. The molecule has 0 radical (unpaired) electrons. The van der Waals surface area contributed by atoms with Crippen LogP contribution in [-0.2, 0) is 17.3 Å². The lowest BCUT2D eigenvalue weighted by Crippen LogP contribution is -2.48. The van der Waals surface area contributed by atoms with Crippen molar-refractivity contribution in [3.05, 3.63) is 51.6 Å². The zero-order valence-electron chi connectivity index (χ0n) is 23.6. The highest BCUT2D eigenvalue weighted by atomic mass is 16.7. The number of rotatable bonds is 4. The summed E-state index contributed by atoms with van der Waals surface area (Å²) in [6.07, 6.45) is 2.14. The van der Waals surface area contributed by atoms with E-state index < -0.39 is 6.10 Å². The summed E-state index contributed by atoms with van der Waals surface area (Å²) < 4.78 is 18.2. The number of ether oxygens (including phenoxy) is 3. The molecular weight excluding hydrogens is 450 g/mol. The van der Waals surface area contributed by atoms with E-state index in [0.29, 0.717) is 18.1 Å². The minimum atomic E-state index is -0.572. The molecule has 5 heteroatoms. The molecule has 1 N–H and O–H groups in total. The molecular formula is C31H44NO4+. The summed E-state index contributed by atoms with van der Waals surface area (Å²) in [5.41, 5.74) is 7.67. The number of benzene rings is 2. The maximum absolute atomic E-state index is 11.8. The van der Waals surface area contributed by atoms with Crippen LogP contribution in [0.25, 0.3) is 0 Å². The van der Waals surface area contributed by atoms with Gasteiger partial charge in [-0.15, -0.1) is 0 Å². The van der Waals surface area contributed by atoms with Crippen molar-refractivity contribution in [2.24, 2.45) is 5.92 Å². The van der Waals surface area contributed by atoms with Gasteiger partial charge in [-0.1, -0.05) is 46.8 Å². The molecule has 0 fully saturated rings. The maximum atomic E-state index is 11.8. The van der Waals surface area contributed by atoms with Crippen molar-refractivity contribution in [1.29, 1.82) is 0 Å². The Bertz CT molecular complexity index is 1200. The minimum absolute atomic E-state index is 0.0769. The summed E-state index contributed by atoms with van der Waals surface area (Å²) >= 11 is 0. The summed E-state index contributed by atoms with van der Waals surface area (Å²) in [4.78, 5) is 0. The first-order valence-electron chi connectivity index (χ1n) is 13.4. The molecule has 5 rings (SSSR count). The van der Waals surface area contributed by atoms with Gasteiger partial charge in [-0.3, -0.25) is 0 Å². The van der Waals surface area contributed by atoms with E-state index in [9.17, 15) is 5.11 Å². The largest absolute Gasteiger partial charge is 0.492 e. The number of aliphatic hydroxyl groups is 1. The Kier molecular flexibility index (Phi) is 5.92. The van der Waals surface area contributed by atoms with Crippen LogP contribution in [0.1, 0.15) is 93.0 Å². The second-order valence-corrected chi connectivity index (χ2v) is 13.2. The number of aryl methyl sites for hydroxylation is 1. The van der Waals surface area contributed by atoms with Crippen LogP contribution < -0.4 is 14.2 Å². The molecule has 0 saturated carbocycles. The lowest BCUT2D eigenvalue weighted by molar-refractivity contribution is -0.924. The average Bonchev–Trinajstić information content (AvgIpc) is 3.26. The van der Waals surface area contributed by atoms with Crippen LogP contribution in [0.5, 0.6) is 17.2 Å². The van der Waals surface area contributed by atoms with E-state index in [1.54, 1.807) is 7.11 Å². The van der Waals surface area contributed by atoms with Crippen molar-refractivity contribution >= 4 is 0 Å². The van der Waals surface area contributed by atoms with Gasteiger partial charge in [-0.05, 0) is 64.0 Å². The molecule has 2 aliphatic heterocycles. The zero-order chi connectivity index (χ0) is 26.2. The van der Waals surface area contributed by atoms with Gasteiger partial charge < -0.3 is 23.8 Å². The zero-order valence-corrected chi connectivity index (χ0v) is 23.6. The Morgan fingerprint density at radius 2 is 1.83 bits per heavy atom. The molecule has 36 heavy (non-hydrogen) atoms. The van der Waals surface area contributed by atoms with E-state index in [1.807, 2.05) is 0 Å². The number of nitrogens with zero attached hydrogens (tertiary/aromatic N) is 1. The van der Waals surface area contributed by atoms with Crippen molar-refractivity contribution in [2.45, 2.75) is 83.8 Å². The second-order valence-electron chi connectivity index (χ2n) is 13.2.